The van der Waals surface area contributed by atoms with Crippen molar-refractivity contribution in [2.24, 2.45) is 0 Å². The van der Waals surface area contributed by atoms with Crippen molar-refractivity contribution in [1.29, 1.82) is 0 Å². The molecule has 1 N–H and O–H groups in total. The van der Waals surface area contributed by atoms with Crippen LogP contribution in [0.1, 0.15) is 50.3 Å². The highest BCUT2D eigenvalue weighted by molar-refractivity contribution is 5.24. The summed E-state index contributed by atoms with van der Waals surface area (Å²) in [6.45, 7) is 7.39. The molecule has 1 aromatic rings. The molecule has 1 fully saturated rings. The number of nitrogens with one attached hydrogen (secondary N) is 1. The highest BCUT2D eigenvalue weighted by Gasteiger charge is 2.23. The quantitative estimate of drug-likeness (QED) is 0.795. The predicted octanol–water partition coefficient (Wildman–Crippen LogP) is 3.60. The lowest BCUT2D eigenvalue weighted by atomic mass is 10.1. The van der Waals surface area contributed by atoms with Crippen LogP contribution in [0, 0.1) is 6.92 Å². The van der Waals surface area contributed by atoms with E-state index in [-0.39, 0.29) is 6.10 Å². The first-order chi connectivity index (χ1) is 8.69. The van der Waals surface area contributed by atoms with Gasteiger partial charge in [-0.15, -0.1) is 0 Å². The second-order valence-electron chi connectivity index (χ2n) is 5.44. The fraction of sp³-hybridized carbons (Fsp3) is 0.625. The molecule has 0 saturated heterocycles. The van der Waals surface area contributed by atoms with Crippen LogP contribution in [-0.4, -0.2) is 18.7 Å². The molecule has 2 rings (SSSR count). The van der Waals surface area contributed by atoms with E-state index in [1.165, 1.54) is 24.0 Å². The lowest BCUT2D eigenvalue weighted by Gasteiger charge is -2.23. The topological polar surface area (TPSA) is 21.3 Å². The Kier molecular flexibility index (Phi) is 4.79. The monoisotopic (exact) mass is 247 g/mol. The third-order valence-electron chi connectivity index (χ3n) is 3.55. The summed E-state index contributed by atoms with van der Waals surface area (Å²) in [5.74, 6) is 0. The van der Waals surface area contributed by atoms with E-state index in [0.717, 1.165) is 19.0 Å². The maximum Gasteiger partial charge on any atom is 0.0953 e. The minimum Gasteiger partial charge on any atom is -0.369 e. The highest BCUT2D eigenvalue weighted by atomic mass is 16.5. The molecule has 2 heteroatoms. The highest BCUT2D eigenvalue weighted by Crippen LogP contribution is 2.24. The fourth-order valence-corrected chi connectivity index (χ4v) is 2.05. The first-order valence-corrected chi connectivity index (χ1v) is 7.14. The Morgan fingerprint density at radius 3 is 2.78 bits per heavy atom. The summed E-state index contributed by atoms with van der Waals surface area (Å²) >= 11 is 0. The van der Waals surface area contributed by atoms with Gasteiger partial charge < -0.3 is 10.1 Å². The van der Waals surface area contributed by atoms with Crippen molar-refractivity contribution in [3.8, 4) is 0 Å². The van der Waals surface area contributed by atoms with Gasteiger partial charge in [0.1, 0.15) is 0 Å². The third-order valence-corrected chi connectivity index (χ3v) is 3.55. The summed E-state index contributed by atoms with van der Waals surface area (Å²) in [7, 11) is 0. The Balaban J connectivity index is 2.01. The van der Waals surface area contributed by atoms with Crippen molar-refractivity contribution in [2.45, 2.75) is 58.3 Å². The van der Waals surface area contributed by atoms with E-state index in [0.29, 0.717) is 6.10 Å². The Hall–Kier alpha value is -0.860. The number of hydrogen-bond acceptors (Lipinski definition) is 2. The lowest BCUT2D eigenvalue weighted by Crippen LogP contribution is -2.27. The van der Waals surface area contributed by atoms with Gasteiger partial charge in [-0.1, -0.05) is 36.8 Å². The van der Waals surface area contributed by atoms with E-state index in [9.17, 15) is 0 Å². The molecule has 0 bridgehead atoms. The lowest BCUT2D eigenvalue weighted by molar-refractivity contribution is -0.00472. The average Bonchev–Trinajstić information content (AvgIpc) is 3.18. The van der Waals surface area contributed by atoms with Crippen LogP contribution in [0.5, 0.6) is 0 Å². The van der Waals surface area contributed by atoms with Gasteiger partial charge in [0.25, 0.3) is 0 Å². The van der Waals surface area contributed by atoms with Crippen LogP contribution in [0.2, 0.25) is 0 Å². The van der Waals surface area contributed by atoms with Gasteiger partial charge in [0.05, 0.1) is 12.2 Å². The maximum atomic E-state index is 6.16. The zero-order chi connectivity index (χ0) is 13.0. The van der Waals surface area contributed by atoms with Gasteiger partial charge in [-0.2, -0.15) is 0 Å². The molecular formula is C16H25NO. The molecule has 2 unspecified atom stereocenters. The Labute approximate surface area is 111 Å². The van der Waals surface area contributed by atoms with E-state index < -0.39 is 0 Å². The summed E-state index contributed by atoms with van der Waals surface area (Å²) in [5.41, 5.74) is 2.60. The molecule has 2 nitrogen and oxygen atoms in total. The fourth-order valence-electron chi connectivity index (χ4n) is 2.05. The Morgan fingerprint density at radius 2 is 2.17 bits per heavy atom. The van der Waals surface area contributed by atoms with Gasteiger partial charge >= 0.3 is 0 Å². The summed E-state index contributed by atoms with van der Waals surface area (Å²) in [6.07, 6.45) is 4.21. The standard InChI is InChI=1S/C16H25NO/c1-4-13(3)18-16(11-17-15-8-9-15)14-7-5-6-12(2)10-14/h5-7,10,13,15-17H,4,8-9,11H2,1-3H3. The van der Waals surface area contributed by atoms with Gasteiger partial charge in [0.15, 0.2) is 0 Å². The van der Waals surface area contributed by atoms with Crippen molar-refractivity contribution < 1.29 is 4.74 Å². The van der Waals surface area contributed by atoms with Gasteiger partial charge in [-0.3, -0.25) is 0 Å². The van der Waals surface area contributed by atoms with Crippen LogP contribution in [0.15, 0.2) is 24.3 Å². The minimum absolute atomic E-state index is 0.181. The van der Waals surface area contributed by atoms with Crippen molar-refractivity contribution in [3.05, 3.63) is 35.4 Å². The van der Waals surface area contributed by atoms with Gasteiger partial charge in [-0.05, 0) is 38.7 Å². The van der Waals surface area contributed by atoms with Gasteiger partial charge in [0, 0.05) is 12.6 Å². The number of rotatable bonds is 7. The second kappa shape index (κ2) is 6.35. The van der Waals surface area contributed by atoms with Gasteiger partial charge in [0.2, 0.25) is 0 Å². The second-order valence-corrected chi connectivity index (χ2v) is 5.44. The molecule has 1 aromatic carbocycles. The predicted molar refractivity (Wildman–Crippen MR) is 75.8 cm³/mol. The van der Waals surface area contributed by atoms with Crippen molar-refractivity contribution >= 4 is 0 Å². The molecule has 0 aromatic heterocycles. The summed E-state index contributed by atoms with van der Waals surface area (Å²) in [6, 6.07) is 9.40. The molecule has 100 valence electrons. The first kappa shape index (κ1) is 13.6. The van der Waals surface area contributed by atoms with Gasteiger partial charge in [-0.25, -0.2) is 0 Å². The molecule has 0 amide bonds. The molecule has 0 radical (unpaired) electrons. The molecular weight excluding hydrogens is 222 g/mol. The van der Waals surface area contributed by atoms with Crippen molar-refractivity contribution in [2.75, 3.05) is 6.54 Å². The molecule has 0 spiro atoms. The minimum atomic E-state index is 0.181. The van der Waals surface area contributed by atoms with Crippen LogP contribution in [-0.2, 0) is 4.74 Å². The average molecular weight is 247 g/mol. The molecule has 1 saturated carbocycles. The normalized spacial score (nSPS) is 18.6. The van der Waals surface area contributed by atoms with Crippen LogP contribution in [0.3, 0.4) is 0 Å². The molecule has 1 aliphatic rings. The van der Waals surface area contributed by atoms with E-state index in [1.54, 1.807) is 0 Å². The summed E-state index contributed by atoms with van der Waals surface area (Å²) in [4.78, 5) is 0. The zero-order valence-electron chi connectivity index (χ0n) is 11.8. The zero-order valence-corrected chi connectivity index (χ0v) is 11.8. The molecule has 0 heterocycles. The summed E-state index contributed by atoms with van der Waals surface area (Å²) in [5, 5.41) is 3.58. The third kappa shape index (κ3) is 4.11. The molecule has 18 heavy (non-hydrogen) atoms. The molecule has 1 aliphatic carbocycles. The number of aryl methyl sites for hydroxylation is 1. The first-order valence-electron chi connectivity index (χ1n) is 7.14. The van der Waals surface area contributed by atoms with E-state index >= 15 is 0 Å². The Morgan fingerprint density at radius 1 is 1.39 bits per heavy atom. The van der Waals surface area contributed by atoms with E-state index in [1.807, 2.05) is 0 Å². The molecule has 0 aliphatic heterocycles. The SMILES string of the molecule is CCC(C)OC(CNC1CC1)c1cccc(C)c1. The largest absolute Gasteiger partial charge is 0.369 e. The number of ether oxygens (including phenoxy) is 1. The Bertz CT molecular complexity index is 373. The van der Waals surface area contributed by atoms with Crippen LogP contribution >= 0.6 is 0 Å². The van der Waals surface area contributed by atoms with E-state index in [4.69, 9.17) is 4.74 Å². The smallest absolute Gasteiger partial charge is 0.0953 e. The number of hydrogen-bond donors (Lipinski definition) is 1. The summed E-state index contributed by atoms with van der Waals surface area (Å²) < 4.78 is 6.16. The maximum absolute atomic E-state index is 6.16. The van der Waals surface area contributed by atoms with Crippen LogP contribution in [0.25, 0.3) is 0 Å². The van der Waals surface area contributed by atoms with E-state index in [2.05, 4.69) is 50.4 Å². The van der Waals surface area contributed by atoms with Crippen LogP contribution in [0.4, 0.5) is 0 Å². The molecule has 2 atom stereocenters. The van der Waals surface area contributed by atoms with Crippen LogP contribution < -0.4 is 5.32 Å². The number of benzene rings is 1. The van der Waals surface area contributed by atoms with Crippen molar-refractivity contribution in [1.82, 2.24) is 5.32 Å². The van der Waals surface area contributed by atoms with Crippen molar-refractivity contribution in [3.63, 3.8) is 0 Å².